The third kappa shape index (κ3) is 1.48. The van der Waals surface area contributed by atoms with E-state index >= 15 is 0 Å². The highest BCUT2D eigenvalue weighted by molar-refractivity contribution is 5.29. The van der Waals surface area contributed by atoms with E-state index in [0.29, 0.717) is 11.5 Å². The molecule has 2 heteroatoms. The molecule has 1 saturated carbocycles. The molecule has 0 radical (unpaired) electrons. The van der Waals surface area contributed by atoms with Crippen LogP contribution in [-0.2, 0) is 6.61 Å². The molecule has 1 aliphatic rings. The van der Waals surface area contributed by atoms with Crippen LogP contribution in [0, 0.1) is 5.82 Å². The highest BCUT2D eigenvalue weighted by atomic mass is 19.1. The van der Waals surface area contributed by atoms with Gasteiger partial charge in [-0.25, -0.2) is 4.39 Å². The zero-order valence-electron chi connectivity index (χ0n) is 6.76. The number of hydrogen-bond donors (Lipinski definition) is 1. The molecule has 1 fully saturated rings. The Morgan fingerprint density at radius 3 is 2.67 bits per heavy atom. The summed E-state index contributed by atoms with van der Waals surface area (Å²) in [5, 5.41) is 8.82. The van der Waals surface area contributed by atoms with Gasteiger partial charge in [0.15, 0.2) is 0 Å². The molecule has 0 atom stereocenters. The molecule has 0 spiro atoms. The van der Waals surface area contributed by atoms with Crippen LogP contribution in [-0.4, -0.2) is 5.11 Å². The summed E-state index contributed by atoms with van der Waals surface area (Å²) in [4.78, 5) is 0. The van der Waals surface area contributed by atoms with Crippen LogP contribution >= 0.6 is 0 Å². The smallest absolute Gasteiger partial charge is 0.123 e. The Kier molecular flexibility index (Phi) is 1.85. The minimum Gasteiger partial charge on any atom is -0.392 e. The third-order valence-corrected chi connectivity index (χ3v) is 2.21. The Labute approximate surface area is 70.8 Å². The summed E-state index contributed by atoms with van der Waals surface area (Å²) < 4.78 is 12.9. The Morgan fingerprint density at radius 2 is 2.08 bits per heavy atom. The minimum absolute atomic E-state index is 0.0719. The number of benzene rings is 1. The molecule has 0 amide bonds. The first-order chi connectivity index (χ1) is 5.79. The van der Waals surface area contributed by atoms with Crippen molar-refractivity contribution in [2.24, 2.45) is 0 Å². The van der Waals surface area contributed by atoms with Gasteiger partial charge in [0.1, 0.15) is 5.82 Å². The van der Waals surface area contributed by atoms with E-state index in [1.54, 1.807) is 6.07 Å². The Balaban J connectivity index is 2.34. The van der Waals surface area contributed by atoms with Crippen molar-refractivity contribution in [3.05, 3.63) is 35.1 Å². The van der Waals surface area contributed by atoms with Gasteiger partial charge in [-0.15, -0.1) is 0 Å². The number of halogens is 1. The summed E-state index contributed by atoms with van der Waals surface area (Å²) >= 11 is 0. The maximum atomic E-state index is 12.9. The SMILES string of the molecule is OCc1cc(F)cc(C2CC2)c1. The summed E-state index contributed by atoms with van der Waals surface area (Å²) in [6.45, 7) is -0.0719. The van der Waals surface area contributed by atoms with Gasteiger partial charge in [-0.3, -0.25) is 0 Å². The molecule has 64 valence electrons. The first-order valence-electron chi connectivity index (χ1n) is 4.20. The molecule has 12 heavy (non-hydrogen) atoms. The molecule has 0 aromatic heterocycles. The fraction of sp³-hybridized carbons (Fsp3) is 0.400. The molecule has 0 aliphatic heterocycles. The van der Waals surface area contributed by atoms with E-state index in [9.17, 15) is 4.39 Å². The quantitative estimate of drug-likeness (QED) is 0.714. The maximum absolute atomic E-state index is 12.9. The average Bonchev–Trinajstić information content (AvgIpc) is 2.85. The lowest BCUT2D eigenvalue weighted by Gasteiger charge is -2.01. The molecular weight excluding hydrogens is 155 g/mol. The van der Waals surface area contributed by atoms with Crippen LogP contribution in [0.4, 0.5) is 4.39 Å². The lowest BCUT2D eigenvalue weighted by Crippen LogP contribution is -1.89. The fourth-order valence-electron chi connectivity index (χ4n) is 1.42. The zero-order valence-corrected chi connectivity index (χ0v) is 6.76. The lowest BCUT2D eigenvalue weighted by atomic mass is 10.1. The molecule has 0 unspecified atom stereocenters. The van der Waals surface area contributed by atoms with Crippen molar-refractivity contribution >= 4 is 0 Å². The topological polar surface area (TPSA) is 20.2 Å². The summed E-state index contributed by atoms with van der Waals surface area (Å²) in [6, 6.07) is 4.84. The number of rotatable bonds is 2. The average molecular weight is 166 g/mol. The van der Waals surface area contributed by atoms with Crippen molar-refractivity contribution in [2.45, 2.75) is 25.4 Å². The van der Waals surface area contributed by atoms with Gasteiger partial charge in [-0.2, -0.15) is 0 Å². The zero-order chi connectivity index (χ0) is 8.55. The first kappa shape index (κ1) is 7.74. The summed E-state index contributed by atoms with van der Waals surface area (Å²) in [5.74, 6) is 0.314. The maximum Gasteiger partial charge on any atom is 0.123 e. The number of aliphatic hydroxyl groups excluding tert-OH is 1. The normalized spacial score (nSPS) is 16.5. The predicted octanol–water partition coefficient (Wildman–Crippen LogP) is 2.20. The van der Waals surface area contributed by atoms with Gasteiger partial charge in [-0.1, -0.05) is 6.07 Å². The largest absolute Gasteiger partial charge is 0.392 e. The van der Waals surface area contributed by atoms with E-state index < -0.39 is 0 Å². The van der Waals surface area contributed by atoms with E-state index in [1.807, 2.05) is 6.07 Å². The third-order valence-electron chi connectivity index (χ3n) is 2.21. The molecule has 0 bridgehead atoms. The Bertz CT molecular complexity index is 292. The molecule has 0 saturated heterocycles. The predicted molar refractivity (Wildman–Crippen MR) is 44.3 cm³/mol. The van der Waals surface area contributed by atoms with Crippen LogP contribution in [0.3, 0.4) is 0 Å². The second kappa shape index (κ2) is 2.87. The monoisotopic (exact) mass is 166 g/mol. The van der Waals surface area contributed by atoms with Crippen molar-refractivity contribution in [1.82, 2.24) is 0 Å². The first-order valence-corrected chi connectivity index (χ1v) is 4.20. The highest BCUT2D eigenvalue weighted by Gasteiger charge is 2.24. The van der Waals surface area contributed by atoms with Gasteiger partial charge >= 0.3 is 0 Å². The van der Waals surface area contributed by atoms with Crippen molar-refractivity contribution in [1.29, 1.82) is 0 Å². The van der Waals surface area contributed by atoms with Gasteiger partial charge in [0.2, 0.25) is 0 Å². The standard InChI is InChI=1S/C10H11FO/c11-10-4-7(6-12)3-9(5-10)8-1-2-8/h3-5,8,12H,1-2,6H2. The van der Waals surface area contributed by atoms with E-state index in [0.717, 1.165) is 18.4 Å². The lowest BCUT2D eigenvalue weighted by molar-refractivity contribution is 0.281. The molecular formula is C10H11FO. The summed E-state index contributed by atoms with van der Waals surface area (Å²) in [5.41, 5.74) is 1.72. The fourth-order valence-corrected chi connectivity index (χ4v) is 1.42. The Morgan fingerprint density at radius 1 is 1.33 bits per heavy atom. The van der Waals surface area contributed by atoms with Crippen LogP contribution in [0.15, 0.2) is 18.2 Å². The summed E-state index contributed by atoms with van der Waals surface area (Å²) in [7, 11) is 0. The van der Waals surface area contributed by atoms with E-state index in [4.69, 9.17) is 5.11 Å². The van der Waals surface area contributed by atoms with Crippen LogP contribution in [0.5, 0.6) is 0 Å². The van der Waals surface area contributed by atoms with E-state index in [-0.39, 0.29) is 12.4 Å². The van der Waals surface area contributed by atoms with Crippen molar-refractivity contribution in [3.63, 3.8) is 0 Å². The van der Waals surface area contributed by atoms with Crippen LogP contribution in [0.25, 0.3) is 0 Å². The highest BCUT2D eigenvalue weighted by Crippen LogP contribution is 2.40. The van der Waals surface area contributed by atoms with Crippen LogP contribution < -0.4 is 0 Å². The molecule has 1 nitrogen and oxygen atoms in total. The summed E-state index contributed by atoms with van der Waals surface area (Å²) in [6.07, 6.45) is 2.32. The number of aliphatic hydroxyl groups is 1. The molecule has 1 aromatic rings. The van der Waals surface area contributed by atoms with Crippen molar-refractivity contribution in [3.8, 4) is 0 Å². The molecule has 2 rings (SSSR count). The Hall–Kier alpha value is -0.890. The number of hydrogen-bond acceptors (Lipinski definition) is 1. The molecule has 0 heterocycles. The van der Waals surface area contributed by atoms with Gasteiger partial charge in [0.25, 0.3) is 0 Å². The van der Waals surface area contributed by atoms with Crippen LogP contribution in [0.2, 0.25) is 0 Å². The van der Waals surface area contributed by atoms with E-state index in [1.165, 1.54) is 6.07 Å². The van der Waals surface area contributed by atoms with Gasteiger partial charge in [0.05, 0.1) is 6.61 Å². The molecule has 1 aromatic carbocycles. The molecule has 1 aliphatic carbocycles. The minimum atomic E-state index is -0.233. The van der Waals surface area contributed by atoms with E-state index in [2.05, 4.69) is 0 Å². The second-order valence-electron chi connectivity index (χ2n) is 3.33. The van der Waals surface area contributed by atoms with Gasteiger partial charge in [-0.05, 0) is 42.0 Å². The molecule has 1 N–H and O–H groups in total. The van der Waals surface area contributed by atoms with Gasteiger partial charge in [0, 0.05) is 0 Å². The van der Waals surface area contributed by atoms with Crippen molar-refractivity contribution in [2.75, 3.05) is 0 Å². The van der Waals surface area contributed by atoms with Crippen LogP contribution in [0.1, 0.15) is 29.9 Å². The second-order valence-corrected chi connectivity index (χ2v) is 3.33. The van der Waals surface area contributed by atoms with Gasteiger partial charge < -0.3 is 5.11 Å². The van der Waals surface area contributed by atoms with Crippen molar-refractivity contribution < 1.29 is 9.50 Å².